The predicted octanol–water partition coefficient (Wildman–Crippen LogP) is 2.05. The maximum absolute atomic E-state index is 11.6. The number of carbonyl (C=O) groups is 1. The van der Waals surface area contributed by atoms with Crippen LogP contribution in [-0.4, -0.2) is 18.6 Å². The molecule has 0 aliphatic rings. The number of halogens is 1. The number of anilines is 2. The van der Waals surface area contributed by atoms with E-state index in [9.17, 15) is 4.79 Å². The van der Waals surface area contributed by atoms with Crippen molar-refractivity contribution in [2.45, 2.75) is 20.0 Å². The van der Waals surface area contributed by atoms with E-state index in [1.807, 2.05) is 19.1 Å². The first-order chi connectivity index (χ1) is 7.15. The van der Waals surface area contributed by atoms with Crippen LogP contribution in [0.2, 0.25) is 0 Å². The molecule has 0 saturated carbocycles. The zero-order chi connectivity index (χ0) is 11.3. The summed E-state index contributed by atoms with van der Waals surface area (Å²) < 4.78 is 5.16. The van der Waals surface area contributed by atoms with E-state index >= 15 is 0 Å². The van der Waals surface area contributed by atoms with E-state index in [1.165, 1.54) is 0 Å². The van der Waals surface area contributed by atoms with Crippen LogP contribution >= 0.6 is 12.4 Å². The topological polar surface area (TPSA) is 64.3 Å². The van der Waals surface area contributed by atoms with Crippen LogP contribution in [0.3, 0.4) is 0 Å². The number of nitrogens with two attached hydrogens (primary N) is 1. The molecule has 0 spiro atoms. The zero-order valence-corrected chi connectivity index (χ0v) is 10.2. The lowest BCUT2D eigenvalue weighted by Gasteiger charge is -2.13. The van der Waals surface area contributed by atoms with Gasteiger partial charge in [0.1, 0.15) is 6.10 Å². The molecule has 0 saturated heterocycles. The number of hydrogen-bond acceptors (Lipinski definition) is 3. The number of nitrogens with one attached hydrogen (secondary N) is 1. The van der Waals surface area contributed by atoms with E-state index in [2.05, 4.69) is 5.32 Å². The average molecular weight is 245 g/mol. The fourth-order valence-corrected chi connectivity index (χ4v) is 1.17. The standard InChI is InChI=1S/C11H16N2O2.ClH/c1-3-15-8(2)11(14)13-10-7-5-4-6-9(10)12;/h4-8H,3,12H2,1-2H3,(H,13,14);1H. The van der Waals surface area contributed by atoms with Gasteiger partial charge in [0, 0.05) is 6.61 Å². The fourth-order valence-electron chi connectivity index (χ4n) is 1.17. The number of amides is 1. The molecule has 90 valence electrons. The van der Waals surface area contributed by atoms with Gasteiger partial charge in [-0.1, -0.05) is 12.1 Å². The van der Waals surface area contributed by atoms with Gasteiger partial charge in [-0.3, -0.25) is 4.79 Å². The summed E-state index contributed by atoms with van der Waals surface area (Å²) in [7, 11) is 0. The van der Waals surface area contributed by atoms with E-state index in [0.29, 0.717) is 18.0 Å². The second-order valence-corrected chi connectivity index (χ2v) is 3.17. The highest BCUT2D eigenvalue weighted by atomic mass is 35.5. The third kappa shape index (κ3) is 4.08. The molecule has 1 unspecified atom stereocenters. The minimum atomic E-state index is -0.463. The Kier molecular flexibility index (Phi) is 6.53. The summed E-state index contributed by atoms with van der Waals surface area (Å²) in [6, 6.07) is 7.13. The van der Waals surface area contributed by atoms with Gasteiger partial charge in [-0.25, -0.2) is 0 Å². The van der Waals surface area contributed by atoms with Crippen LogP contribution in [0.1, 0.15) is 13.8 Å². The van der Waals surface area contributed by atoms with Gasteiger partial charge in [0.15, 0.2) is 0 Å². The highest BCUT2D eigenvalue weighted by Gasteiger charge is 2.13. The monoisotopic (exact) mass is 244 g/mol. The molecule has 0 radical (unpaired) electrons. The number of rotatable bonds is 4. The van der Waals surface area contributed by atoms with E-state index < -0.39 is 6.10 Å². The third-order valence-corrected chi connectivity index (χ3v) is 2.00. The van der Waals surface area contributed by atoms with Crippen molar-refractivity contribution >= 4 is 29.7 Å². The molecule has 5 heteroatoms. The first kappa shape index (κ1) is 14.7. The number of para-hydroxylation sites is 2. The van der Waals surface area contributed by atoms with Crippen molar-refractivity contribution in [3.63, 3.8) is 0 Å². The Morgan fingerprint density at radius 2 is 2.12 bits per heavy atom. The molecule has 3 N–H and O–H groups in total. The van der Waals surface area contributed by atoms with E-state index in [4.69, 9.17) is 10.5 Å². The van der Waals surface area contributed by atoms with Gasteiger partial charge >= 0.3 is 0 Å². The fraction of sp³-hybridized carbons (Fsp3) is 0.364. The molecule has 1 rings (SSSR count). The lowest BCUT2D eigenvalue weighted by molar-refractivity contribution is -0.126. The van der Waals surface area contributed by atoms with Crippen LogP contribution in [0.4, 0.5) is 11.4 Å². The SMILES string of the molecule is CCOC(C)C(=O)Nc1ccccc1N.Cl. The second kappa shape index (κ2) is 7.09. The molecule has 1 aromatic rings. The average Bonchev–Trinajstić information content (AvgIpc) is 2.21. The number of benzene rings is 1. The molecule has 0 fully saturated rings. The first-order valence-electron chi connectivity index (χ1n) is 4.92. The number of hydrogen-bond donors (Lipinski definition) is 2. The van der Waals surface area contributed by atoms with Crippen molar-refractivity contribution in [2.24, 2.45) is 0 Å². The molecule has 4 nitrogen and oxygen atoms in total. The molecule has 16 heavy (non-hydrogen) atoms. The van der Waals surface area contributed by atoms with Gasteiger partial charge in [-0.05, 0) is 26.0 Å². The molecule has 1 amide bonds. The first-order valence-corrected chi connectivity index (χ1v) is 4.92. The van der Waals surface area contributed by atoms with Crippen molar-refractivity contribution in [3.05, 3.63) is 24.3 Å². The summed E-state index contributed by atoms with van der Waals surface area (Å²) in [5, 5.41) is 2.71. The van der Waals surface area contributed by atoms with Crippen LogP contribution in [0.5, 0.6) is 0 Å². The van der Waals surface area contributed by atoms with E-state index in [0.717, 1.165) is 0 Å². The number of ether oxygens (including phenoxy) is 1. The molecule has 0 heterocycles. The minimum Gasteiger partial charge on any atom is -0.397 e. The van der Waals surface area contributed by atoms with Crippen molar-refractivity contribution in [1.29, 1.82) is 0 Å². The summed E-state index contributed by atoms with van der Waals surface area (Å²) in [6.45, 7) is 4.07. The zero-order valence-electron chi connectivity index (χ0n) is 9.40. The minimum absolute atomic E-state index is 0. The Hall–Kier alpha value is -1.26. The van der Waals surface area contributed by atoms with Crippen LogP contribution in [0.25, 0.3) is 0 Å². The molecular weight excluding hydrogens is 228 g/mol. The Balaban J connectivity index is 0.00000225. The van der Waals surface area contributed by atoms with Crippen molar-refractivity contribution in [3.8, 4) is 0 Å². The second-order valence-electron chi connectivity index (χ2n) is 3.17. The van der Waals surface area contributed by atoms with Gasteiger partial charge in [-0.2, -0.15) is 0 Å². The van der Waals surface area contributed by atoms with Crippen molar-refractivity contribution in [1.82, 2.24) is 0 Å². The summed E-state index contributed by atoms with van der Waals surface area (Å²) >= 11 is 0. The number of carbonyl (C=O) groups excluding carboxylic acids is 1. The van der Waals surface area contributed by atoms with Crippen LogP contribution in [0, 0.1) is 0 Å². The van der Waals surface area contributed by atoms with Crippen molar-refractivity contribution in [2.75, 3.05) is 17.7 Å². The maximum atomic E-state index is 11.6. The lowest BCUT2D eigenvalue weighted by atomic mass is 10.2. The van der Waals surface area contributed by atoms with Crippen molar-refractivity contribution < 1.29 is 9.53 Å². The molecule has 0 aliphatic heterocycles. The van der Waals surface area contributed by atoms with Crippen LogP contribution in [-0.2, 0) is 9.53 Å². The van der Waals surface area contributed by atoms with Gasteiger partial charge in [0.2, 0.25) is 0 Å². The summed E-state index contributed by atoms with van der Waals surface area (Å²) in [5.74, 6) is -0.185. The van der Waals surface area contributed by atoms with Crippen LogP contribution < -0.4 is 11.1 Å². The largest absolute Gasteiger partial charge is 0.397 e. The summed E-state index contributed by atoms with van der Waals surface area (Å²) in [4.78, 5) is 11.6. The van der Waals surface area contributed by atoms with Gasteiger partial charge in [0.25, 0.3) is 5.91 Å². The molecular formula is C11H17ClN2O2. The molecule has 1 atom stereocenters. The molecule has 0 bridgehead atoms. The lowest BCUT2D eigenvalue weighted by Crippen LogP contribution is -2.27. The van der Waals surface area contributed by atoms with Crippen LogP contribution in [0.15, 0.2) is 24.3 Å². The summed E-state index contributed by atoms with van der Waals surface area (Å²) in [5.41, 5.74) is 6.86. The molecule has 0 aromatic heterocycles. The van der Waals surface area contributed by atoms with Gasteiger partial charge in [-0.15, -0.1) is 12.4 Å². The number of nitrogen functional groups attached to an aromatic ring is 1. The highest BCUT2D eigenvalue weighted by Crippen LogP contribution is 2.16. The predicted molar refractivity (Wildman–Crippen MR) is 67.8 cm³/mol. The Morgan fingerprint density at radius 1 is 1.50 bits per heavy atom. The Morgan fingerprint density at radius 3 is 2.69 bits per heavy atom. The van der Waals surface area contributed by atoms with Gasteiger partial charge in [0.05, 0.1) is 11.4 Å². The Bertz CT molecular complexity index is 345. The van der Waals surface area contributed by atoms with E-state index in [-0.39, 0.29) is 18.3 Å². The smallest absolute Gasteiger partial charge is 0.253 e. The third-order valence-electron chi connectivity index (χ3n) is 2.00. The molecule has 1 aromatic carbocycles. The maximum Gasteiger partial charge on any atom is 0.253 e. The molecule has 0 aliphatic carbocycles. The highest BCUT2D eigenvalue weighted by molar-refractivity contribution is 5.96. The Labute approximate surface area is 102 Å². The quantitative estimate of drug-likeness (QED) is 0.797. The van der Waals surface area contributed by atoms with E-state index in [1.54, 1.807) is 19.1 Å². The normalized spacial score (nSPS) is 11.4. The van der Waals surface area contributed by atoms with Gasteiger partial charge < -0.3 is 15.8 Å². The summed E-state index contributed by atoms with van der Waals surface area (Å²) in [6.07, 6.45) is -0.463.